The first kappa shape index (κ1) is 17.1. The molecule has 13 heavy (non-hydrogen) atoms. The topological polar surface area (TPSA) is 63.2 Å². The predicted octanol–water partition coefficient (Wildman–Crippen LogP) is 0.880. The fourth-order valence-corrected chi connectivity index (χ4v) is 1.70. The molecule has 0 heterocycles. The summed E-state index contributed by atoms with van der Waals surface area (Å²) in [5.74, 6) is 0. The van der Waals surface area contributed by atoms with E-state index in [4.69, 9.17) is 0 Å². The second-order valence-electron chi connectivity index (χ2n) is 3.10. The molecule has 0 bridgehead atoms. The summed E-state index contributed by atoms with van der Waals surface area (Å²) in [5, 5.41) is 0. The van der Waals surface area contributed by atoms with Crippen LogP contribution in [0.5, 0.6) is 0 Å². The van der Waals surface area contributed by atoms with E-state index in [0.29, 0.717) is 6.42 Å². The zero-order valence-corrected chi connectivity index (χ0v) is 13.7. The monoisotopic (exact) mass is 330 g/mol. The zero-order chi connectivity index (χ0) is 9.45. The molecule has 0 aliphatic heterocycles. The van der Waals surface area contributed by atoms with Gasteiger partial charge in [0.1, 0.15) is 0 Å². The molecule has 0 aliphatic carbocycles. The molecule has 0 aromatic heterocycles. The molecule has 0 aliphatic rings. The van der Waals surface area contributed by atoms with E-state index in [0.717, 1.165) is 19.3 Å². The summed E-state index contributed by atoms with van der Waals surface area (Å²) in [7, 11) is -4.22. The summed E-state index contributed by atoms with van der Waals surface area (Å²) in [6, 6.07) is 0. The molecule has 0 unspecified atom stereocenters. The van der Waals surface area contributed by atoms with Gasteiger partial charge in [-0.25, -0.2) is 0 Å². The van der Waals surface area contributed by atoms with Gasteiger partial charge in [-0.1, -0.05) is 46.6 Å². The average Bonchev–Trinajstić information content (AvgIpc) is 1.94. The molecule has 0 fully saturated rings. The summed E-state index contributed by atoms with van der Waals surface area (Å²) in [5.41, 5.74) is 0. The van der Waals surface area contributed by atoms with E-state index in [1.54, 1.807) is 0 Å². The van der Waals surface area contributed by atoms with E-state index < -0.39 is 7.60 Å². The van der Waals surface area contributed by atoms with Crippen molar-refractivity contribution in [3.63, 3.8) is 0 Å². The molecule has 3 nitrogen and oxygen atoms in total. The fourth-order valence-electron chi connectivity index (χ4n) is 1.09. The van der Waals surface area contributed by atoms with Crippen LogP contribution in [0, 0.1) is 0 Å². The Bertz CT molecular complexity index is 146. The van der Waals surface area contributed by atoms with Crippen molar-refractivity contribution in [2.24, 2.45) is 0 Å². The van der Waals surface area contributed by atoms with Crippen LogP contribution in [-0.2, 0) is 4.57 Å². The van der Waals surface area contributed by atoms with Crippen molar-refractivity contribution in [2.75, 3.05) is 6.16 Å². The first-order chi connectivity index (χ1) is 5.56. The van der Waals surface area contributed by atoms with Crippen LogP contribution in [0.1, 0.15) is 45.4 Å². The number of hydrogen-bond donors (Lipinski definition) is 0. The molecule has 0 N–H and O–H groups in total. The fraction of sp³-hybridized carbons (Fsp3) is 1.00. The second kappa shape index (κ2) is 10.2. The summed E-state index contributed by atoms with van der Waals surface area (Å²) < 4.78 is 10.2. The van der Waals surface area contributed by atoms with Gasteiger partial charge in [-0.15, -0.1) is 0 Å². The maximum Gasteiger partial charge on any atom is 2.00 e. The third-order valence-electron chi connectivity index (χ3n) is 1.79. The number of hydrogen-bond acceptors (Lipinski definition) is 3. The summed E-state index contributed by atoms with van der Waals surface area (Å²) in [6.45, 7) is 2.13. The van der Waals surface area contributed by atoms with Crippen LogP contribution in [0.2, 0.25) is 0 Å². The van der Waals surface area contributed by atoms with Crippen LogP contribution in [-0.4, -0.2) is 55.0 Å². The molecular weight excluding hydrogens is 312 g/mol. The van der Waals surface area contributed by atoms with Gasteiger partial charge in [-0.3, -0.25) is 0 Å². The van der Waals surface area contributed by atoms with Crippen molar-refractivity contribution in [1.82, 2.24) is 0 Å². The van der Waals surface area contributed by atoms with Crippen LogP contribution in [0.4, 0.5) is 0 Å². The Morgan fingerprint density at radius 1 is 1.00 bits per heavy atom. The smallest absolute Gasteiger partial charge is 0.811 e. The van der Waals surface area contributed by atoms with Crippen LogP contribution < -0.4 is 9.79 Å². The molecule has 5 heteroatoms. The molecule has 0 aromatic carbocycles. The maximum absolute atomic E-state index is 10.2. The normalized spacial score (nSPS) is 11.0. The molecule has 0 radical (unpaired) electrons. The standard InChI is InChI=1S/C8H19O3P.Ba/c1-2-3-4-5-6-7-8-12(9,10)11;/h2-8H2,1H3,(H2,9,10,11);/q;+2/p-2. The van der Waals surface area contributed by atoms with E-state index in [-0.39, 0.29) is 55.0 Å². The molecule has 0 saturated carbocycles. The minimum atomic E-state index is -4.22. The van der Waals surface area contributed by atoms with Crippen LogP contribution in [0.15, 0.2) is 0 Å². The predicted molar refractivity (Wildman–Crippen MR) is 51.6 cm³/mol. The first-order valence-electron chi connectivity index (χ1n) is 4.57. The van der Waals surface area contributed by atoms with Gasteiger partial charge >= 0.3 is 48.9 Å². The minimum absolute atomic E-state index is 0. The molecule has 0 atom stereocenters. The first-order valence-corrected chi connectivity index (χ1v) is 6.30. The Labute approximate surface area is 121 Å². The molecule has 0 aromatic rings. The van der Waals surface area contributed by atoms with Gasteiger partial charge in [0.2, 0.25) is 0 Å². The Morgan fingerprint density at radius 2 is 1.46 bits per heavy atom. The summed E-state index contributed by atoms with van der Waals surface area (Å²) >= 11 is 0. The average molecular weight is 330 g/mol. The van der Waals surface area contributed by atoms with Gasteiger partial charge in [-0.2, -0.15) is 0 Å². The van der Waals surface area contributed by atoms with Gasteiger partial charge in [0.05, 0.1) is 0 Å². The van der Waals surface area contributed by atoms with Crippen LogP contribution in [0.25, 0.3) is 0 Å². The van der Waals surface area contributed by atoms with E-state index in [1.807, 2.05) is 0 Å². The summed E-state index contributed by atoms with van der Waals surface area (Å²) in [4.78, 5) is 20.4. The summed E-state index contributed by atoms with van der Waals surface area (Å²) in [6.07, 6.45) is 5.82. The number of unbranched alkanes of at least 4 members (excludes halogenated alkanes) is 5. The molecule has 0 rings (SSSR count). The minimum Gasteiger partial charge on any atom is -0.811 e. The van der Waals surface area contributed by atoms with Crippen molar-refractivity contribution < 1.29 is 14.4 Å². The van der Waals surface area contributed by atoms with Crippen LogP contribution >= 0.6 is 7.60 Å². The Balaban J connectivity index is 0. The quantitative estimate of drug-likeness (QED) is 0.396. The molecule has 0 spiro atoms. The van der Waals surface area contributed by atoms with Crippen molar-refractivity contribution in [1.29, 1.82) is 0 Å². The van der Waals surface area contributed by atoms with Gasteiger partial charge in [0.25, 0.3) is 0 Å². The Morgan fingerprint density at radius 3 is 1.92 bits per heavy atom. The molecule has 74 valence electrons. The Kier molecular flexibility index (Phi) is 13.5. The van der Waals surface area contributed by atoms with Gasteiger partial charge < -0.3 is 14.4 Å². The third-order valence-corrected chi connectivity index (χ3v) is 2.65. The largest absolute Gasteiger partial charge is 2.00 e. The maximum atomic E-state index is 10.2. The van der Waals surface area contributed by atoms with Crippen molar-refractivity contribution in [2.45, 2.75) is 45.4 Å². The van der Waals surface area contributed by atoms with Gasteiger partial charge in [0, 0.05) is 0 Å². The molecular formula is C8H17BaO3P. The van der Waals surface area contributed by atoms with E-state index >= 15 is 0 Å². The SMILES string of the molecule is CCCCCCCCP(=O)([O-])[O-].[Ba+2]. The molecule has 0 saturated heterocycles. The van der Waals surface area contributed by atoms with E-state index in [2.05, 4.69) is 6.92 Å². The van der Waals surface area contributed by atoms with Crippen molar-refractivity contribution in [3.05, 3.63) is 0 Å². The van der Waals surface area contributed by atoms with E-state index in [9.17, 15) is 14.4 Å². The van der Waals surface area contributed by atoms with Gasteiger partial charge in [0.15, 0.2) is 0 Å². The van der Waals surface area contributed by atoms with Crippen LogP contribution in [0.3, 0.4) is 0 Å². The van der Waals surface area contributed by atoms with Crippen molar-refractivity contribution >= 4 is 56.5 Å². The van der Waals surface area contributed by atoms with Gasteiger partial charge in [-0.05, 0) is 12.6 Å². The number of rotatable bonds is 7. The Hall–Kier alpha value is 1.72. The third kappa shape index (κ3) is 16.4. The zero-order valence-electron chi connectivity index (χ0n) is 8.33. The second-order valence-corrected chi connectivity index (χ2v) is 4.77. The molecule has 0 amide bonds. The van der Waals surface area contributed by atoms with Crippen molar-refractivity contribution in [3.8, 4) is 0 Å². The van der Waals surface area contributed by atoms with E-state index in [1.165, 1.54) is 12.8 Å².